The highest BCUT2D eigenvalue weighted by Crippen LogP contribution is 2.25. The summed E-state index contributed by atoms with van der Waals surface area (Å²) in [5, 5.41) is 3.50. The molecule has 0 aliphatic rings. The second kappa shape index (κ2) is 6.62. The third-order valence-corrected chi connectivity index (χ3v) is 3.50. The highest BCUT2D eigenvalue weighted by Gasteiger charge is 2.16. The molecule has 1 aromatic carbocycles. The summed E-state index contributed by atoms with van der Waals surface area (Å²) in [4.78, 5) is 4.13. The molecule has 1 unspecified atom stereocenters. The van der Waals surface area contributed by atoms with Crippen LogP contribution in [-0.2, 0) is 0 Å². The van der Waals surface area contributed by atoms with Crippen molar-refractivity contribution in [2.75, 3.05) is 6.54 Å². The number of aryl methyl sites for hydroxylation is 2. The molecule has 1 atom stereocenters. The number of rotatable bonds is 5. The Bertz CT molecular complexity index is 581. The second-order valence-corrected chi connectivity index (χ2v) is 5.13. The maximum absolute atomic E-state index is 13.8. The number of halogens is 1. The zero-order valence-electron chi connectivity index (χ0n) is 12.3. The van der Waals surface area contributed by atoms with Crippen molar-refractivity contribution in [3.63, 3.8) is 0 Å². The smallest absolute Gasteiger partial charge is 0.126 e. The molecule has 2 nitrogen and oxygen atoms in total. The van der Waals surface area contributed by atoms with Crippen LogP contribution in [0, 0.1) is 19.7 Å². The first-order valence-corrected chi connectivity index (χ1v) is 7.03. The average Bonchev–Trinajstić information content (AvgIpc) is 2.44. The van der Waals surface area contributed by atoms with Gasteiger partial charge in [-0.25, -0.2) is 4.39 Å². The Labute approximate surface area is 120 Å². The van der Waals surface area contributed by atoms with Gasteiger partial charge in [-0.15, -0.1) is 0 Å². The summed E-state index contributed by atoms with van der Waals surface area (Å²) in [6, 6.07) is 7.46. The predicted molar refractivity (Wildman–Crippen MR) is 80.2 cm³/mol. The minimum atomic E-state index is -0.155. The van der Waals surface area contributed by atoms with E-state index in [9.17, 15) is 4.39 Å². The molecule has 2 rings (SSSR count). The monoisotopic (exact) mass is 272 g/mol. The van der Waals surface area contributed by atoms with Gasteiger partial charge in [0.2, 0.25) is 0 Å². The third kappa shape index (κ3) is 3.23. The van der Waals surface area contributed by atoms with Crippen molar-refractivity contribution >= 4 is 0 Å². The van der Waals surface area contributed by atoms with Gasteiger partial charge in [0.05, 0.1) is 6.04 Å². The van der Waals surface area contributed by atoms with Gasteiger partial charge in [-0.3, -0.25) is 4.98 Å². The molecule has 0 amide bonds. The van der Waals surface area contributed by atoms with Crippen LogP contribution in [0.1, 0.15) is 41.6 Å². The van der Waals surface area contributed by atoms with Gasteiger partial charge in [0, 0.05) is 12.4 Å². The molecular weight excluding hydrogens is 251 g/mol. The maximum atomic E-state index is 13.8. The van der Waals surface area contributed by atoms with Gasteiger partial charge < -0.3 is 5.32 Å². The van der Waals surface area contributed by atoms with Crippen molar-refractivity contribution in [1.29, 1.82) is 0 Å². The van der Waals surface area contributed by atoms with Crippen molar-refractivity contribution in [3.05, 3.63) is 64.7 Å². The maximum Gasteiger partial charge on any atom is 0.126 e. The minimum Gasteiger partial charge on any atom is -0.306 e. The van der Waals surface area contributed by atoms with Crippen molar-refractivity contribution in [3.8, 4) is 0 Å². The molecule has 0 aliphatic heterocycles. The molecule has 0 saturated heterocycles. The third-order valence-electron chi connectivity index (χ3n) is 3.50. The lowest BCUT2D eigenvalue weighted by molar-refractivity contribution is 0.580. The Morgan fingerprint density at radius 3 is 2.65 bits per heavy atom. The summed E-state index contributed by atoms with van der Waals surface area (Å²) in [5.41, 5.74) is 3.89. The fraction of sp³-hybridized carbons (Fsp3) is 0.353. The number of nitrogens with zero attached hydrogens (tertiary/aromatic N) is 1. The summed E-state index contributed by atoms with van der Waals surface area (Å²) < 4.78 is 13.8. The lowest BCUT2D eigenvalue weighted by Gasteiger charge is -2.21. The molecule has 2 aromatic rings. The van der Waals surface area contributed by atoms with E-state index in [4.69, 9.17) is 0 Å². The first-order chi connectivity index (χ1) is 9.63. The van der Waals surface area contributed by atoms with Gasteiger partial charge in [0.25, 0.3) is 0 Å². The van der Waals surface area contributed by atoms with Crippen LogP contribution in [0.2, 0.25) is 0 Å². The highest BCUT2D eigenvalue weighted by atomic mass is 19.1. The number of hydrogen-bond donors (Lipinski definition) is 1. The molecule has 0 fully saturated rings. The van der Waals surface area contributed by atoms with Crippen LogP contribution in [0.4, 0.5) is 4.39 Å². The van der Waals surface area contributed by atoms with Crippen LogP contribution in [0.25, 0.3) is 0 Å². The van der Waals surface area contributed by atoms with E-state index in [0.29, 0.717) is 5.56 Å². The number of hydrogen-bond acceptors (Lipinski definition) is 2. The van der Waals surface area contributed by atoms with Crippen LogP contribution in [0.15, 0.2) is 36.7 Å². The molecule has 1 aromatic heterocycles. The van der Waals surface area contributed by atoms with E-state index >= 15 is 0 Å². The Balaban J connectivity index is 2.41. The second-order valence-electron chi connectivity index (χ2n) is 5.13. The summed E-state index contributed by atoms with van der Waals surface area (Å²) in [7, 11) is 0. The Morgan fingerprint density at radius 2 is 2.00 bits per heavy atom. The van der Waals surface area contributed by atoms with E-state index in [1.165, 1.54) is 0 Å². The van der Waals surface area contributed by atoms with Crippen molar-refractivity contribution in [2.24, 2.45) is 0 Å². The van der Waals surface area contributed by atoms with Crippen LogP contribution < -0.4 is 5.32 Å². The van der Waals surface area contributed by atoms with E-state index in [1.54, 1.807) is 19.2 Å². The predicted octanol–water partition coefficient (Wildman–Crippen LogP) is 3.93. The van der Waals surface area contributed by atoms with Crippen LogP contribution >= 0.6 is 0 Å². The number of benzene rings is 1. The summed E-state index contributed by atoms with van der Waals surface area (Å²) in [6.07, 6.45) is 4.67. The van der Waals surface area contributed by atoms with Crippen molar-refractivity contribution in [2.45, 2.75) is 33.2 Å². The van der Waals surface area contributed by atoms with E-state index in [2.05, 4.69) is 17.2 Å². The molecule has 1 heterocycles. The normalized spacial score (nSPS) is 12.4. The average molecular weight is 272 g/mol. The number of nitrogens with one attached hydrogen (secondary N) is 1. The molecule has 106 valence electrons. The van der Waals surface area contributed by atoms with E-state index in [0.717, 1.165) is 29.7 Å². The largest absolute Gasteiger partial charge is 0.306 e. The summed E-state index contributed by atoms with van der Waals surface area (Å²) in [5.74, 6) is -0.155. The fourth-order valence-corrected chi connectivity index (χ4v) is 2.29. The fourth-order valence-electron chi connectivity index (χ4n) is 2.29. The Kier molecular flexibility index (Phi) is 4.85. The molecule has 20 heavy (non-hydrogen) atoms. The van der Waals surface area contributed by atoms with Gasteiger partial charge >= 0.3 is 0 Å². The molecule has 0 bridgehead atoms. The molecule has 0 saturated carbocycles. The molecule has 0 aliphatic carbocycles. The summed E-state index contributed by atoms with van der Waals surface area (Å²) in [6.45, 7) is 6.83. The van der Waals surface area contributed by atoms with Crippen molar-refractivity contribution < 1.29 is 4.39 Å². The quantitative estimate of drug-likeness (QED) is 0.892. The lowest BCUT2D eigenvalue weighted by Crippen LogP contribution is -2.24. The molecule has 0 spiro atoms. The van der Waals surface area contributed by atoms with E-state index < -0.39 is 0 Å². The first-order valence-electron chi connectivity index (χ1n) is 7.03. The minimum absolute atomic E-state index is 0.00745. The molecule has 3 heteroatoms. The van der Waals surface area contributed by atoms with Crippen LogP contribution in [0.5, 0.6) is 0 Å². The van der Waals surface area contributed by atoms with E-state index in [-0.39, 0.29) is 11.9 Å². The highest BCUT2D eigenvalue weighted by molar-refractivity contribution is 5.36. The zero-order chi connectivity index (χ0) is 14.5. The van der Waals surface area contributed by atoms with Crippen LogP contribution in [-0.4, -0.2) is 11.5 Å². The van der Waals surface area contributed by atoms with Crippen LogP contribution in [0.3, 0.4) is 0 Å². The van der Waals surface area contributed by atoms with Gasteiger partial charge in [0.1, 0.15) is 5.82 Å². The lowest BCUT2D eigenvalue weighted by atomic mass is 9.95. The first kappa shape index (κ1) is 14.7. The van der Waals surface area contributed by atoms with Gasteiger partial charge in [-0.2, -0.15) is 0 Å². The molecule has 0 radical (unpaired) electrons. The van der Waals surface area contributed by atoms with Gasteiger partial charge in [-0.1, -0.05) is 19.1 Å². The standard InChI is InChI=1S/C17H21FN2/c1-4-8-20-17(15-7-9-19-11-13(15)3)14-6-5-12(2)16(18)10-14/h5-7,9-11,17,20H,4,8H2,1-3H3. The Hall–Kier alpha value is -1.74. The molecular formula is C17H21FN2. The SMILES string of the molecule is CCCNC(c1ccc(C)c(F)c1)c1ccncc1C. The van der Waals surface area contributed by atoms with Gasteiger partial charge in [-0.05, 0) is 61.2 Å². The number of pyridine rings is 1. The van der Waals surface area contributed by atoms with Crippen molar-refractivity contribution in [1.82, 2.24) is 10.3 Å². The Morgan fingerprint density at radius 1 is 1.20 bits per heavy atom. The topological polar surface area (TPSA) is 24.9 Å². The molecule has 1 N–H and O–H groups in total. The van der Waals surface area contributed by atoms with Gasteiger partial charge in [0.15, 0.2) is 0 Å². The number of aromatic nitrogens is 1. The summed E-state index contributed by atoms with van der Waals surface area (Å²) >= 11 is 0. The van der Waals surface area contributed by atoms with E-state index in [1.807, 2.05) is 31.3 Å². The zero-order valence-corrected chi connectivity index (χ0v) is 12.3.